The first kappa shape index (κ1) is 15.1. The molecular formula is C16H19NO4S. The minimum absolute atomic E-state index is 0.260. The maximum atomic E-state index is 12.2. The van der Waals surface area contributed by atoms with Gasteiger partial charge in [-0.2, -0.15) is 0 Å². The SMILES string of the molecule is C[C@H](C(=O)N[C@@H](c1cc2ccccc2o1)C1CC1)S(C)(=O)=O. The molecule has 1 aliphatic rings. The molecule has 6 heteroatoms. The van der Waals surface area contributed by atoms with Crippen LogP contribution in [0.2, 0.25) is 0 Å². The van der Waals surface area contributed by atoms with Crippen molar-refractivity contribution in [3.63, 3.8) is 0 Å². The number of hydrogen-bond acceptors (Lipinski definition) is 4. The first-order chi connectivity index (χ1) is 10.4. The van der Waals surface area contributed by atoms with Crippen LogP contribution in [-0.4, -0.2) is 25.8 Å². The van der Waals surface area contributed by atoms with E-state index in [-0.39, 0.29) is 6.04 Å². The largest absolute Gasteiger partial charge is 0.459 e. The number of carbonyl (C=O) groups excluding carboxylic acids is 1. The Kier molecular flexibility index (Phi) is 3.72. The lowest BCUT2D eigenvalue weighted by Gasteiger charge is -2.18. The monoisotopic (exact) mass is 321 g/mol. The molecule has 118 valence electrons. The van der Waals surface area contributed by atoms with E-state index < -0.39 is 21.0 Å². The third kappa shape index (κ3) is 3.02. The van der Waals surface area contributed by atoms with Crippen LogP contribution in [0.25, 0.3) is 11.0 Å². The van der Waals surface area contributed by atoms with Crippen LogP contribution in [0.3, 0.4) is 0 Å². The summed E-state index contributed by atoms with van der Waals surface area (Å²) in [5.41, 5.74) is 0.772. The highest BCUT2D eigenvalue weighted by atomic mass is 32.2. The van der Waals surface area contributed by atoms with E-state index in [1.807, 2.05) is 30.3 Å². The van der Waals surface area contributed by atoms with Gasteiger partial charge in [-0.05, 0) is 37.8 Å². The normalized spacial score (nSPS) is 18.1. The Hall–Kier alpha value is -1.82. The third-order valence-electron chi connectivity index (χ3n) is 4.15. The summed E-state index contributed by atoms with van der Waals surface area (Å²) in [7, 11) is -3.40. The summed E-state index contributed by atoms with van der Waals surface area (Å²) in [6.45, 7) is 1.41. The lowest BCUT2D eigenvalue weighted by molar-refractivity contribution is -0.121. The molecule has 1 saturated carbocycles. The lowest BCUT2D eigenvalue weighted by atomic mass is 10.1. The van der Waals surface area contributed by atoms with Gasteiger partial charge in [-0.1, -0.05) is 18.2 Å². The van der Waals surface area contributed by atoms with E-state index in [0.717, 1.165) is 30.1 Å². The number of rotatable bonds is 5. The second-order valence-electron chi connectivity index (χ2n) is 5.98. The van der Waals surface area contributed by atoms with Gasteiger partial charge in [0.15, 0.2) is 9.84 Å². The molecule has 1 aromatic heterocycles. The molecule has 1 aliphatic carbocycles. The Bertz CT molecular complexity index is 771. The van der Waals surface area contributed by atoms with Gasteiger partial charge in [0.2, 0.25) is 5.91 Å². The van der Waals surface area contributed by atoms with Crippen LogP contribution >= 0.6 is 0 Å². The number of hydrogen-bond donors (Lipinski definition) is 1. The molecule has 0 radical (unpaired) electrons. The van der Waals surface area contributed by atoms with Gasteiger partial charge in [-0.3, -0.25) is 4.79 Å². The molecule has 2 aromatic rings. The van der Waals surface area contributed by atoms with Crippen molar-refractivity contribution >= 4 is 26.7 Å². The van der Waals surface area contributed by atoms with E-state index in [0.29, 0.717) is 11.7 Å². The van der Waals surface area contributed by atoms with E-state index in [1.165, 1.54) is 6.92 Å². The summed E-state index contributed by atoms with van der Waals surface area (Å²) in [4.78, 5) is 12.2. The molecule has 1 fully saturated rings. The minimum Gasteiger partial charge on any atom is -0.459 e. The molecule has 1 heterocycles. The highest BCUT2D eigenvalue weighted by molar-refractivity contribution is 7.92. The van der Waals surface area contributed by atoms with Crippen LogP contribution < -0.4 is 5.32 Å². The van der Waals surface area contributed by atoms with E-state index in [4.69, 9.17) is 4.42 Å². The molecule has 1 aromatic carbocycles. The Balaban J connectivity index is 1.86. The van der Waals surface area contributed by atoms with Gasteiger partial charge in [-0.15, -0.1) is 0 Å². The Morgan fingerprint density at radius 1 is 1.32 bits per heavy atom. The zero-order valence-electron chi connectivity index (χ0n) is 12.6. The number of nitrogens with one attached hydrogen (secondary N) is 1. The van der Waals surface area contributed by atoms with Crippen LogP contribution in [-0.2, 0) is 14.6 Å². The fraction of sp³-hybridized carbons (Fsp3) is 0.438. The Morgan fingerprint density at radius 3 is 2.59 bits per heavy atom. The lowest BCUT2D eigenvalue weighted by Crippen LogP contribution is -2.40. The third-order valence-corrected chi connectivity index (χ3v) is 5.65. The van der Waals surface area contributed by atoms with Crippen LogP contribution in [0.1, 0.15) is 31.6 Å². The van der Waals surface area contributed by atoms with Crippen molar-refractivity contribution in [3.05, 3.63) is 36.1 Å². The molecule has 0 unspecified atom stereocenters. The fourth-order valence-electron chi connectivity index (χ4n) is 2.47. The zero-order chi connectivity index (χ0) is 15.9. The maximum Gasteiger partial charge on any atom is 0.238 e. The van der Waals surface area contributed by atoms with Crippen molar-refractivity contribution in [2.24, 2.45) is 5.92 Å². The van der Waals surface area contributed by atoms with Crippen molar-refractivity contribution in [1.82, 2.24) is 5.32 Å². The van der Waals surface area contributed by atoms with Crippen molar-refractivity contribution in [3.8, 4) is 0 Å². The van der Waals surface area contributed by atoms with Crippen LogP contribution in [0.15, 0.2) is 34.7 Å². The van der Waals surface area contributed by atoms with Crippen molar-refractivity contribution < 1.29 is 17.6 Å². The highest BCUT2D eigenvalue weighted by Crippen LogP contribution is 2.42. The summed E-state index contributed by atoms with van der Waals surface area (Å²) < 4.78 is 28.9. The molecule has 1 N–H and O–H groups in total. The van der Waals surface area contributed by atoms with Crippen LogP contribution in [0.5, 0.6) is 0 Å². The first-order valence-corrected chi connectivity index (χ1v) is 9.29. The molecule has 3 rings (SSSR count). The number of fused-ring (bicyclic) bond motifs is 1. The van der Waals surface area contributed by atoms with Gasteiger partial charge < -0.3 is 9.73 Å². The van der Waals surface area contributed by atoms with Gasteiger partial charge in [0.25, 0.3) is 0 Å². The van der Waals surface area contributed by atoms with Crippen molar-refractivity contribution in [2.75, 3.05) is 6.26 Å². The molecule has 1 amide bonds. The first-order valence-electron chi connectivity index (χ1n) is 7.34. The van der Waals surface area contributed by atoms with E-state index in [9.17, 15) is 13.2 Å². The minimum atomic E-state index is -3.40. The number of furan rings is 1. The van der Waals surface area contributed by atoms with E-state index in [2.05, 4.69) is 5.32 Å². The second-order valence-corrected chi connectivity index (χ2v) is 8.35. The summed E-state index contributed by atoms with van der Waals surface area (Å²) in [5.74, 6) is 0.536. The quantitative estimate of drug-likeness (QED) is 0.917. The number of amides is 1. The smallest absolute Gasteiger partial charge is 0.238 e. The molecule has 22 heavy (non-hydrogen) atoms. The number of para-hydroxylation sites is 1. The summed E-state index contributed by atoms with van der Waals surface area (Å²) in [6.07, 6.45) is 3.09. The average Bonchev–Trinajstić information content (AvgIpc) is 3.20. The molecule has 0 bridgehead atoms. The zero-order valence-corrected chi connectivity index (χ0v) is 13.4. The molecule has 0 aliphatic heterocycles. The van der Waals surface area contributed by atoms with Crippen LogP contribution in [0, 0.1) is 5.92 Å². The van der Waals surface area contributed by atoms with E-state index in [1.54, 1.807) is 0 Å². The molecule has 5 nitrogen and oxygen atoms in total. The summed E-state index contributed by atoms with van der Waals surface area (Å²) in [5, 5.41) is 2.77. The molecule has 2 atom stereocenters. The molecule has 0 spiro atoms. The Labute approximate surface area is 129 Å². The summed E-state index contributed by atoms with van der Waals surface area (Å²) in [6, 6.07) is 9.31. The second kappa shape index (κ2) is 5.43. The van der Waals surface area contributed by atoms with Gasteiger partial charge in [-0.25, -0.2) is 8.42 Å². The topological polar surface area (TPSA) is 76.4 Å². The number of sulfone groups is 1. The standard InChI is InChI=1S/C16H19NO4S/c1-10(22(2,19)20)16(18)17-15(11-7-8-11)14-9-12-5-3-4-6-13(12)21-14/h3-6,9-11,15H,7-8H2,1-2H3,(H,17,18)/t10-,15-/m1/s1. The predicted molar refractivity (Wildman–Crippen MR) is 84.1 cm³/mol. The molecule has 0 saturated heterocycles. The van der Waals surface area contributed by atoms with Crippen molar-refractivity contribution in [2.45, 2.75) is 31.1 Å². The molecular weight excluding hydrogens is 302 g/mol. The number of carbonyl (C=O) groups is 1. The highest BCUT2D eigenvalue weighted by Gasteiger charge is 2.37. The van der Waals surface area contributed by atoms with Crippen molar-refractivity contribution in [1.29, 1.82) is 0 Å². The van der Waals surface area contributed by atoms with Gasteiger partial charge in [0, 0.05) is 11.6 Å². The average molecular weight is 321 g/mol. The predicted octanol–water partition coefficient (Wildman–Crippen LogP) is 2.43. The van der Waals surface area contributed by atoms with Gasteiger partial charge in [0.05, 0.1) is 6.04 Å². The van der Waals surface area contributed by atoms with Gasteiger partial charge >= 0.3 is 0 Å². The number of benzene rings is 1. The van der Waals surface area contributed by atoms with E-state index >= 15 is 0 Å². The maximum absolute atomic E-state index is 12.2. The Morgan fingerprint density at radius 2 is 2.00 bits per heavy atom. The van der Waals surface area contributed by atoms with Gasteiger partial charge in [0.1, 0.15) is 16.6 Å². The fourth-order valence-corrected chi connectivity index (χ4v) is 2.93. The summed E-state index contributed by atoms with van der Waals surface area (Å²) >= 11 is 0. The van der Waals surface area contributed by atoms with Crippen LogP contribution in [0.4, 0.5) is 0 Å².